The van der Waals surface area contributed by atoms with Gasteiger partial charge in [-0.3, -0.25) is 4.99 Å². The molecule has 0 atom stereocenters. The van der Waals surface area contributed by atoms with Gasteiger partial charge in [0.2, 0.25) is 0 Å². The Morgan fingerprint density at radius 1 is 1.21 bits per heavy atom. The molecule has 1 aromatic heterocycles. The van der Waals surface area contributed by atoms with E-state index in [-0.39, 0.29) is 24.0 Å². The summed E-state index contributed by atoms with van der Waals surface area (Å²) in [6.45, 7) is 3.21. The summed E-state index contributed by atoms with van der Waals surface area (Å²) in [6.07, 6.45) is 3.06. The van der Waals surface area contributed by atoms with Crippen LogP contribution in [0.1, 0.15) is 15.4 Å². The molecular weight excluding hydrogens is 445 g/mol. The van der Waals surface area contributed by atoms with E-state index in [4.69, 9.17) is 0 Å². The Morgan fingerprint density at radius 3 is 2.54 bits per heavy atom. The van der Waals surface area contributed by atoms with Crippen LogP contribution >= 0.6 is 35.3 Å². The van der Waals surface area contributed by atoms with Crippen molar-refractivity contribution in [2.45, 2.75) is 19.8 Å². The van der Waals surface area contributed by atoms with Gasteiger partial charge in [-0.2, -0.15) is 0 Å². The van der Waals surface area contributed by atoms with Crippen LogP contribution in [0.4, 0.5) is 8.78 Å². The van der Waals surface area contributed by atoms with Gasteiger partial charge in [0.15, 0.2) is 5.96 Å². The molecular formula is C16H21F2IN4S. The minimum Gasteiger partial charge on any atom is -0.356 e. The number of hydrogen-bond donors (Lipinski definition) is 2. The monoisotopic (exact) mass is 466 g/mol. The summed E-state index contributed by atoms with van der Waals surface area (Å²) in [4.78, 5) is 9.60. The summed E-state index contributed by atoms with van der Waals surface area (Å²) >= 11 is 1.68. The molecule has 0 unspecified atom stereocenters. The molecule has 0 fully saturated rings. The van der Waals surface area contributed by atoms with Gasteiger partial charge in [0.1, 0.15) is 11.6 Å². The Morgan fingerprint density at radius 2 is 1.92 bits per heavy atom. The van der Waals surface area contributed by atoms with E-state index >= 15 is 0 Å². The first-order chi connectivity index (χ1) is 11.1. The van der Waals surface area contributed by atoms with Crippen LogP contribution in [0.25, 0.3) is 0 Å². The lowest BCUT2D eigenvalue weighted by molar-refractivity contribution is 0.583. The molecule has 0 spiro atoms. The van der Waals surface area contributed by atoms with E-state index in [2.05, 4.69) is 20.6 Å². The lowest BCUT2D eigenvalue weighted by Gasteiger charge is -2.11. The molecule has 0 radical (unpaired) electrons. The fourth-order valence-corrected chi connectivity index (χ4v) is 2.86. The van der Waals surface area contributed by atoms with Gasteiger partial charge in [-0.15, -0.1) is 35.3 Å². The number of nitrogens with one attached hydrogen (secondary N) is 2. The zero-order chi connectivity index (χ0) is 16.7. The molecule has 132 valence electrons. The SMILES string of the molecule is CN=C(NCCc1ncc(C)s1)NCCc1cc(F)ccc1F.I. The quantitative estimate of drug-likeness (QED) is 0.391. The summed E-state index contributed by atoms with van der Waals surface area (Å²) < 4.78 is 26.6. The molecule has 0 saturated carbocycles. The molecule has 4 nitrogen and oxygen atoms in total. The molecule has 0 aliphatic carbocycles. The van der Waals surface area contributed by atoms with Crippen molar-refractivity contribution in [3.63, 3.8) is 0 Å². The Labute approximate surface area is 161 Å². The van der Waals surface area contributed by atoms with Crippen molar-refractivity contribution in [3.8, 4) is 0 Å². The minimum atomic E-state index is -0.428. The average molecular weight is 466 g/mol. The number of hydrogen-bond acceptors (Lipinski definition) is 3. The number of guanidine groups is 1. The summed E-state index contributed by atoms with van der Waals surface area (Å²) in [6, 6.07) is 3.48. The van der Waals surface area contributed by atoms with Crippen LogP contribution in [0.5, 0.6) is 0 Å². The molecule has 0 aliphatic heterocycles. The van der Waals surface area contributed by atoms with Crippen molar-refractivity contribution in [3.05, 3.63) is 51.5 Å². The van der Waals surface area contributed by atoms with Gasteiger partial charge in [-0.05, 0) is 37.1 Å². The van der Waals surface area contributed by atoms with Crippen LogP contribution in [0.3, 0.4) is 0 Å². The normalized spacial score (nSPS) is 11.1. The lowest BCUT2D eigenvalue weighted by Crippen LogP contribution is -2.39. The highest BCUT2D eigenvalue weighted by molar-refractivity contribution is 14.0. The Hall–Kier alpha value is -1.29. The predicted molar refractivity (Wildman–Crippen MR) is 105 cm³/mol. The van der Waals surface area contributed by atoms with E-state index in [1.807, 2.05) is 13.1 Å². The van der Waals surface area contributed by atoms with E-state index < -0.39 is 11.6 Å². The van der Waals surface area contributed by atoms with E-state index in [0.29, 0.717) is 31.0 Å². The Bertz CT molecular complexity index is 676. The second kappa shape index (κ2) is 10.5. The van der Waals surface area contributed by atoms with Crippen molar-refractivity contribution in [2.24, 2.45) is 4.99 Å². The first-order valence-electron chi connectivity index (χ1n) is 7.38. The van der Waals surface area contributed by atoms with Gasteiger partial charge in [0.05, 0.1) is 5.01 Å². The van der Waals surface area contributed by atoms with Crippen molar-refractivity contribution >= 4 is 41.3 Å². The van der Waals surface area contributed by atoms with Crippen LogP contribution in [-0.2, 0) is 12.8 Å². The number of aryl methyl sites for hydroxylation is 1. The van der Waals surface area contributed by atoms with E-state index in [1.165, 1.54) is 10.9 Å². The van der Waals surface area contributed by atoms with Gasteiger partial charge in [-0.1, -0.05) is 0 Å². The smallest absolute Gasteiger partial charge is 0.191 e. The van der Waals surface area contributed by atoms with Gasteiger partial charge in [0.25, 0.3) is 0 Å². The van der Waals surface area contributed by atoms with Crippen LogP contribution < -0.4 is 10.6 Å². The molecule has 1 aromatic carbocycles. The van der Waals surface area contributed by atoms with E-state index in [1.54, 1.807) is 18.4 Å². The summed E-state index contributed by atoms with van der Waals surface area (Å²) in [7, 11) is 1.67. The largest absolute Gasteiger partial charge is 0.356 e. The average Bonchev–Trinajstić information content (AvgIpc) is 2.94. The predicted octanol–water partition coefficient (Wildman–Crippen LogP) is 3.30. The van der Waals surface area contributed by atoms with Crippen molar-refractivity contribution in [1.29, 1.82) is 0 Å². The maximum atomic E-state index is 13.5. The molecule has 0 aliphatic rings. The molecule has 1 heterocycles. The standard InChI is InChI=1S/C16H20F2N4S.HI/c1-11-10-22-15(23-11)6-8-21-16(19-2)20-7-5-12-9-13(17)3-4-14(12)18;/h3-4,9-10H,5-8H2,1-2H3,(H2,19,20,21);1H. The topological polar surface area (TPSA) is 49.3 Å². The molecule has 24 heavy (non-hydrogen) atoms. The third-order valence-electron chi connectivity index (χ3n) is 3.22. The van der Waals surface area contributed by atoms with Gasteiger partial charge in [-0.25, -0.2) is 13.8 Å². The number of thiazole rings is 1. The Balaban J connectivity index is 0.00000288. The van der Waals surface area contributed by atoms with Crippen molar-refractivity contribution in [2.75, 3.05) is 20.1 Å². The second-order valence-electron chi connectivity index (χ2n) is 5.03. The first kappa shape index (κ1) is 20.8. The number of aliphatic imine (C=N–C) groups is 1. The summed E-state index contributed by atoms with van der Waals surface area (Å²) in [5.41, 5.74) is 0.353. The maximum absolute atomic E-state index is 13.5. The zero-order valence-electron chi connectivity index (χ0n) is 13.6. The van der Waals surface area contributed by atoms with Gasteiger partial charge in [0, 0.05) is 37.6 Å². The second-order valence-corrected chi connectivity index (χ2v) is 6.35. The van der Waals surface area contributed by atoms with Crippen LogP contribution in [0, 0.1) is 18.6 Å². The molecule has 8 heteroatoms. The van der Waals surface area contributed by atoms with Crippen molar-refractivity contribution < 1.29 is 8.78 Å². The molecule has 2 N–H and O–H groups in total. The molecule has 2 rings (SSSR count). The third-order valence-corrected chi connectivity index (χ3v) is 4.19. The van der Waals surface area contributed by atoms with Crippen LogP contribution in [0.2, 0.25) is 0 Å². The first-order valence-corrected chi connectivity index (χ1v) is 8.20. The number of benzene rings is 1. The van der Waals surface area contributed by atoms with Gasteiger partial charge >= 0.3 is 0 Å². The van der Waals surface area contributed by atoms with Crippen molar-refractivity contribution in [1.82, 2.24) is 15.6 Å². The molecule has 0 amide bonds. The molecule has 2 aromatic rings. The maximum Gasteiger partial charge on any atom is 0.191 e. The van der Waals surface area contributed by atoms with Crippen LogP contribution in [0.15, 0.2) is 29.4 Å². The fourth-order valence-electron chi connectivity index (χ4n) is 2.08. The number of halogens is 3. The van der Waals surface area contributed by atoms with Crippen LogP contribution in [-0.4, -0.2) is 31.1 Å². The summed E-state index contributed by atoms with van der Waals surface area (Å²) in [5.74, 6) is -0.187. The van der Waals surface area contributed by atoms with E-state index in [9.17, 15) is 8.78 Å². The highest BCUT2D eigenvalue weighted by Gasteiger charge is 2.05. The lowest BCUT2D eigenvalue weighted by atomic mass is 10.1. The highest BCUT2D eigenvalue weighted by Crippen LogP contribution is 2.11. The fraction of sp³-hybridized carbons (Fsp3) is 0.375. The number of nitrogens with zero attached hydrogens (tertiary/aromatic N) is 2. The number of aromatic nitrogens is 1. The van der Waals surface area contributed by atoms with E-state index in [0.717, 1.165) is 23.6 Å². The molecule has 0 saturated heterocycles. The third kappa shape index (κ3) is 6.68. The summed E-state index contributed by atoms with van der Waals surface area (Å²) in [5, 5.41) is 7.34. The number of rotatable bonds is 6. The van der Waals surface area contributed by atoms with Gasteiger partial charge < -0.3 is 10.6 Å². The highest BCUT2D eigenvalue weighted by atomic mass is 127. The Kier molecular flexibility index (Phi) is 9.12. The molecule has 0 bridgehead atoms. The minimum absolute atomic E-state index is 0. The zero-order valence-corrected chi connectivity index (χ0v) is 16.8.